The van der Waals surface area contributed by atoms with Crippen molar-refractivity contribution in [1.82, 2.24) is 9.78 Å². The average molecular weight is 197 g/mol. The van der Waals surface area contributed by atoms with Crippen molar-refractivity contribution in [3.05, 3.63) is 17.0 Å². The van der Waals surface area contributed by atoms with Crippen LogP contribution < -0.4 is 5.73 Å². The van der Waals surface area contributed by atoms with Crippen LogP contribution in [0.1, 0.15) is 36.8 Å². The number of aromatic nitrogens is 2. The van der Waals surface area contributed by atoms with Crippen LogP contribution in [0.2, 0.25) is 0 Å². The topological polar surface area (TPSA) is 43.8 Å². The summed E-state index contributed by atoms with van der Waals surface area (Å²) in [5.74, 6) is 2.19. The molecule has 0 saturated carbocycles. The molecule has 4 heteroatoms. The minimum atomic E-state index is 0.452. The van der Waals surface area contributed by atoms with Crippen LogP contribution in [0.5, 0.6) is 0 Å². The molecule has 2 N–H and O–H groups in total. The van der Waals surface area contributed by atoms with E-state index in [9.17, 15) is 0 Å². The quantitative estimate of drug-likeness (QED) is 0.784. The molecule has 72 valence electrons. The van der Waals surface area contributed by atoms with E-state index in [1.165, 1.54) is 11.3 Å². The summed E-state index contributed by atoms with van der Waals surface area (Å²) in [5.41, 5.74) is 9.52. The molecule has 2 rings (SSSR count). The van der Waals surface area contributed by atoms with Crippen molar-refractivity contribution in [2.45, 2.75) is 37.9 Å². The Bertz CT molecular complexity index is 317. The van der Waals surface area contributed by atoms with E-state index in [4.69, 9.17) is 5.73 Å². The highest BCUT2D eigenvalue weighted by atomic mass is 32.2. The molecule has 0 atom stereocenters. The lowest BCUT2D eigenvalue weighted by atomic mass is 10.2. The van der Waals surface area contributed by atoms with E-state index in [-0.39, 0.29) is 0 Å². The van der Waals surface area contributed by atoms with Gasteiger partial charge in [0.25, 0.3) is 0 Å². The van der Waals surface area contributed by atoms with E-state index in [1.54, 1.807) is 0 Å². The van der Waals surface area contributed by atoms with Gasteiger partial charge in [0, 0.05) is 29.7 Å². The Labute approximate surface area is 82.7 Å². The van der Waals surface area contributed by atoms with Crippen LogP contribution in [0.15, 0.2) is 0 Å². The maximum absolute atomic E-state index is 5.65. The van der Waals surface area contributed by atoms with Crippen molar-refractivity contribution in [2.75, 3.05) is 0 Å². The Kier molecular flexibility index (Phi) is 2.34. The summed E-state index contributed by atoms with van der Waals surface area (Å²) < 4.78 is 2.12. The highest BCUT2D eigenvalue weighted by molar-refractivity contribution is 7.98. The summed E-state index contributed by atoms with van der Waals surface area (Å²) in [6, 6.07) is 0.452. The van der Waals surface area contributed by atoms with Gasteiger partial charge in [-0.3, -0.25) is 4.68 Å². The van der Waals surface area contributed by atoms with Gasteiger partial charge in [0.05, 0.1) is 11.4 Å². The Morgan fingerprint density at radius 3 is 2.92 bits per heavy atom. The second kappa shape index (κ2) is 3.35. The fourth-order valence-corrected chi connectivity index (χ4v) is 2.86. The Hall–Kier alpha value is -0.480. The third-order valence-electron chi connectivity index (χ3n) is 2.37. The molecule has 0 amide bonds. The monoisotopic (exact) mass is 197 g/mol. The molecule has 0 aliphatic carbocycles. The second-order valence-electron chi connectivity index (χ2n) is 3.61. The van der Waals surface area contributed by atoms with Crippen LogP contribution in [0, 0.1) is 0 Å². The minimum absolute atomic E-state index is 0.452. The van der Waals surface area contributed by atoms with E-state index in [2.05, 4.69) is 23.6 Å². The maximum Gasteiger partial charge on any atom is 0.0804 e. The molecule has 0 aromatic carbocycles. The highest BCUT2D eigenvalue weighted by Gasteiger charge is 2.22. The first kappa shape index (κ1) is 9.09. The number of hydrogen-bond acceptors (Lipinski definition) is 3. The van der Waals surface area contributed by atoms with Crippen LogP contribution in [-0.2, 0) is 18.1 Å². The van der Waals surface area contributed by atoms with Crippen molar-refractivity contribution in [1.29, 1.82) is 0 Å². The standard InChI is InChI=1S/C9H15N3S/c1-6(2)12-9-5-13-4-7(9)8(3-10)11-12/h6H,3-5,10H2,1-2H3. The van der Waals surface area contributed by atoms with Gasteiger partial charge in [-0.2, -0.15) is 16.9 Å². The molecule has 0 spiro atoms. The molecule has 2 heterocycles. The van der Waals surface area contributed by atoms with Crippen LogP contribution >= 0.6 is 11.8 Å². The summed E-state index contributed by atoms with van der Waals surface area (Å²) >= 11 is 1.95. The van der Waals surface area contributed by atoms with Crippen molar-refractivity contribution in [3.8, 4) is 0 Å². The zero-order valence-corrected chi connectivity index (χ0v) is 8.90. The fraction of sp³-hybridized carbons (Fsp3) is 0.667. The highest BCUT2D eigenvalue weighted by Crippen LogP contribution is 2.33. The lowest BCUT2D eigenvalue weighted by Crippen LogP contribution is -2.07. The summed E-state index contributed by atoms with van der Waals surface area (Å²) in [4.78, 5) is 0. The van der Waals surface area contributed by atoms with Gasteiger partial charge in [-0.05, 0) is 13.8 Å². The Balaban J connectivity index is 2.48. The number of thioether (sulfide) groups is 1. The fourth-order valence-electron chi connectivity index (χ4n) is 1.72. The molecule has 13 heavy (non-hydrogen) atoms. The van der Waals surface area contributed by atoms with Gasteiger partial charge < -0.3 is 5.73 Å². The van der Waals surface area contributed by atoms with Gasteiger partial charge in [-0.1, -0.05) is 0 Å². The lowest BCUT2D eigenvalue weighted by molar-refractivity contribution is 0.513. The zero-order chi connectivity index (χ0) is 9.42. The molecule has 0 unspecified atom stereocenters. The molecule has 1 aromatic rings. The van der Waals surface area contributed by atoms with Crippen molar-refractivity contribution in [2.24, 2.45) is 5.73 Å². The van der Waals surface area contributed by atoms with Crippen molar-refractivity contribution >= 4 is 11.8 Å². The number of nitrogens with zero attached hydrogens (tertiary/aromatic N) is 2. The van der Waals surface area contributed by atoms with E-state index in [1.807, 2.05) is 11.8 Å². The van der Waals surface area contributed by atoms with Crippen LogP contribution in [-0.4, -0.2) is 9.78 Å². The van der Waals surface area contributed by atoms with Gasteiger partial charge in [0.15, 0.2) is 0 Å². The molecule has 0 fully saturated rings. The smallest absolute Gasteiger partial charge is 0.0804 e. The lowest BCUT2D eigenvalue weighted by Gasteiger charge is -2.08. The maximum atomic E-state index is 5.65. The summed E-state index contributed by atoms with van der Waals surface area (Å²) in [6.45, 7) is 4.90. The Morgan fingerprint density at radius 1 is 1.54 bits per heavy atom. The average Bonchev–Trinajstić information content (AvgIpc) is 2.61. The molecular weight excluding hydrogens is 182 g/mol. The van der Waals surface area contributed by atoms with Crippen LogP contribution in [0.4, 0.5) is 0 Å². The predicted octanol–water partition coefficient (Wildman–Crippen LogP) is 1.67. The Morgan fingerprint density at radius 2 is 2.31 bits per heavy atom. The van der Waals surface area contributed by atoms with Crippen LogP contribution in [0.25, 0.3) is 0 Å². The summed E-state index contributed by atoms with van der Waals surface area (Å²) in [7, 11) is 0. The van der Waals surface area contributed by atoms with Gasteiger partial charge in [-0.15, -0.1) is 0 Å². The van der Waals surface area contributed by atoms with Gasteiger partial charge in [-0.25, -0.2) is 0 Å². The molecular formula is C9H15N3S. The summed E-state index contributed by atoms with van der Waals surface area (Å²) in [5, 5.41) is 4.53. The number of rotatable bonds is 2. The van der Waals surface area contributed by atoms with Crippen molar-refractivity contribution < 1.29 is 0 Å². The van der Waals surface area contributed by atoms with E-state index in [0.717, 1.165) is 17.2 Å². The first-order valence-electron chi connectivity index (χ1n) is 4.61. The van der Waals surface area contributed by atoms with E-state index < -0.39 is 0 Å². The predicted molar refractivity (Wildman–Crippen MR) is 55.5 cm³/mol. The van der Waals surface area contributed by atoms with Crippen molar-refractivity contribution in [3.63, 3.8) is 0 Å². The number of nitrogens with two attached hydrogens (primary N) is 1. The number of hydrogen-bond donors (Lipinski definition) is 1. The third-order valence-corrected chi connectivity index (χ3v) is 3.34. The molecule has 0 radical (unpaired) electrons. The molecule has 1 aliphatic heterocycles. The molecule has 0 bridgehead atoms. The number of fused-ring (bicyclic) bond motifs is 1. The van der Waals surface area contributed by atoms with Gasteiger partial charge >= 0.3 is 0 Å². The van der Waals surface area contributed by atoms with Gasteiger partial charge in [0.2, 0.25) is 0 Å². The van der Waals surface area contributed by atoms with E-state index in [0.29, 0.717) is 12.6 Å². The van der Waals surface area contributed by atoms with Crippen LogP contribution in [0.3, 0.4) is 0 Å². The molecule has 1 aliphatic rings. The summed E-state index contributed by atoms with van der Waals surface area (Å²) in [6.07, 6.45) is 0. The van der Waals surface area contributed by atoms with E-state index >= 15 is 0 Å². The largest absolute Gasteiger partial charge is 0.325 e. The minimum Gasteiger partial charge on any atom is -0.325 e. The first-order valence-corrected chi connectivity index (χ1v) is 5.76. The molecule has 1 aromatic heterocycles. The molecule has 0 saturated heterocycles. The third kappa shape index (κ3) is 1.38. The second-order valence-corrected chi connectivity index (χ2v) is 4.59. The molecule has 3 nitrogen and oxygen atoms in total. The SMILES string of the molecule is CC(C)n1nc(CN)c2c1CSC2. The van der Waals surface area contributed by atoms with Gasteiger partial charge in [0.1, 0.15) is 0 Å². The first-order chi connectivity index (χ1) is 6.24. The normalized spacial score (nSPS) is 15.4. The zero-order valence-electron chi connectivity index (χ0n) is 8.08.